The Kier molecular flexibility index (Phi) is 5.77. The molecule has 6 nitrogen and oxygen atoms in total. The zero-order chi connectivity index (χ0) is 16.2. The highest BCUT2D eigenvalue weighted by molar-refractivity contribution is 5.74. The second kappa shape index (κ2) is 7.81. The largest absolute Gasteiger partial charge is 0.383 e. The molecule has 3 fully saturated rings. The Morgan fingerprint density at radius 3 is 2.70 bits per heavy atom. The van der Waals surface area contributed by atoms with Gasteiger partial charge in [0.2, 0.25) is 0 Å². The van der Waals surface area contributed by atoms with Crippen LogP contribution >= 0.6 is 0 Å². The molecule has 2 saturated heterocycles. The fraction of sp³-hybridized carbons (Fsp3) is 0.941. The third-order valence-electron chi connectivity index (χ3n) is 5.76. The maximum atomic E-state index is 12.5. The smallest absolute Gasteiger partial charge is 0.317 e. The van der Waals surface area contributed by atoms with Gasteiger partial charge in [0.1, 0.15) is 0 Å². The van der Waals surface area contributed by atoms with E-state index in [1.54, 1.807) is 7.11 Å². The minimum Gasteiger partial charge on any atom is -0.383 e. The average Bonchev–Trinajstić information content (AvgIpc) is 3.31. The van der Waals surface area contributed by atoms with Crippen LogP contribution in [0.1, 0.15) is 32.1 Å². The number of carbonyl (C=O) groups excluding carboxylic acids is 1. The first kappa shape index (κ1) is 17.0. The van der Waals surface area contributed by atoms with E-state index in [4.69, 9.17) is 4.74 Å². The van der Waals surface area contributed by atoms with Crippen LogP contribution < -0.4 is 5.32 Å². The van der Waals surface area contributed by atoms with E-state index in [0.29, 0.717) is 18.1 Å². The number of carbonyl (C=O) groups is 1. The zero-order valence-corrected chi connectivity index (χ0v) is 14.7. The Labute approximate surface area is 140 Å². The van der Waals surface area contributed by atoms with Crippen molar-refractivity contribution in [1.82, 2.24) is 20.0 Å². The fourth-order valence-electron chi connectivity index (χ4n) is 4.04. The van der Waals surface area contributed by atoms with Gasteiger partial charge < -0.3 is 15.0 Å². The summed E-state index contributed by atoms with van der Waals surface area (Å²) in [4.78, 5) is 19.4. The molecule has 2 heterocycles. The van der Waals surface area contributed by atoms with Crippen LogP contribution in [0.5, 0.6) is 0 Å². The molecule has 3 rings (SSSR count). The molecular weight excluding hydrogens is 292 g/mol. The molecule has 1 aliphatic carbocycles. The van der Waals surface area contributed by atoms with Crippen molar-refractivity contribution in [3.63, 3.8) is 0 Å². The molecule has 2 amide bonds. The summed E-state index contributed by atoms with van der Waals surface area (Å²) in [7, 11) is 3.96. The summed E-state index contributed by atoms with van der Waals surface area (Å²) in [5, 5.41) is 3.13. The number of hydrogen-bond acceptors (Lipinski definition) is 4. The molecule has 1 saturated carbocycles. The SMILES string of the molecule is COCCN(CCNC(=O)N1CC[C@H]2CC[C@@H](C1)N2C)C1CC1. The topological polar surface area (TPSA) is 48.1 Å². The van der Waals surface area contributed by atoms with Crippen LogP contribution in [-0.4, -0.2) is 92.3 Å². The van der Waals surface area contributed by atoms with Crippen molar-refractivity contribution in [2.24, 2.45) is 0 Å². The van der Waals surface area contributed by atoms with Crippen LogP contribution in [0.25, 0.3) is 0 Å². The highest BCUT2D eigenvalue weighted by Gasteiger charge is 2.36. The summed E-state index contributed by atoms with van der Waals surface area (Å²) in [6.45, 7) is 5.18. The van der Waals surface area contributed by atoms with Crippen LogP contribution in [0.15, 0.2) is 0 Å². The molecule has 1 N–H and O–H groups in total. The minimum absolute atomic E-state index is 0.119. The summed E-state index contributed by atoms with van der Waals surface area (Å²) in [6, 6.07) is 2.06. The third kappa shape index (κ3) is 4.37. The number of hydrogen-bond donors (Lipinski definition) is 1. The zero-order valence-electron chi connectivity index (χ0n) is 14.7. The van der Waals surface area contributed by atoms with Crippen LogP contribution in [0.4, 0.5) is 4.79 Å². The van der Waals surface area contributed by atoms with Gasteiger partial charge in [0.05, 0.1) is 6.61 Å². The quantitative estimate of drug-likeness (QED) is 0.758. The van der Waals surface area contributed by atoms with E-state index in [9.17, 15) is 4.79 Å². The van der Waals surface area contributed by atoms with Crippen LogP contribution in [0, 0.1) is 0 Å². The standard InChI is InChI=1S/C17H32N4O2/c1-19-14-3-6-16(19)13-21(9-7-14)17(22)18-8-10-20(11-12-23-2)15-4-5-15/h14-16H,3-13H2,1-2H3,(H,18,22)/t14-,16+/m1/s1. The molecule has 0 spiro atoms. The van der Waals surface area contributed by atoms with Crippen molar-refractivity contribution < 1.29 is 9.53 Å². The van der Waals surface area contributed by atoms with Crippen molar-refractivity contribution in [1.29, 1.82) is 0 Å². The summed E-state index contributed by atoms with van der Waals surface area (Å²) < 4.78 is 5.18. The number of nitrogens with one attached hydrogen (secondary N) is 1. The first-order chi connectivity index (χ1) is 11.2. The van der Waals surface area contributed by atoms with Crippen molar-refractivity contribution >= 4 is 6.03 Å². The third-order valence-corrected chi connectivity index (χ3v) is 5.76. The van der Waals surface area contributed by atoms with E-state index in [-0.39, 0.29) is 6.03 Å². The van der Waals surface area contributed by atoms with Crippen LogP contribution in [0.2, 0.25) is 0 Å². The highest BCUT2D eigenvalue weighted by atomic mass is 16.5. The lowest BCUT2D eigenvalue weighted by Gasteiger charge is -2.27. The number of methoxy groups -OCH3 is 1. The van der Waals surface area contributed by atoms with Gasteiger partial charge in [-0.25, -0.2) is 4.79 Å². The maximum Gasteiger partial charge on any atom is 0.317 e. The van der Waals surface area contributed by atoms with Gasteiger partial charge in [0, 0.05) is 58.0 Å². The Bertz CT molecular complexity index is 402. The van der Waals surface area contributed by atoms with Crippen molar-refractivity contribution in [2.75, 3.05) is 53.5 Å². The Morgan fingerprint density at radius 2 is 1.96 bits per heavy atom. The highest BCUT2D eigenvalue weighted by Crippen LogP contribution is 2.28. The molecule has 23 heavy (non-hydrogen) atoms. The van der Waals surface area contributed by atoms with Gasteiger partial charge in [-0.05, 0) is 39.2 Å². The van der Waals surface area contributed by atoms with Crippen LogP contribution in [0.3, 0.4) is 0 Å². The normalized spacial score (nSPS) is 28.2. The Hall–Kier alpha value is -0.850. The van der Waals surface area contributed by atoms with Gasteiger partial charge in [-0.2, -0.15) is 0 Å². The van der Waals surface area contributed by atoms with E-state index >= 15 is 0 Å². The molecule has 6 heteroatoms. The van der Waals surface area contributed by atoms with Gasteiger partial charge in [-0.1, -0.05) is 0 Å². The molecule has 2 atom stereocenters. The predicted octanol–water partition coefficient (Wildman–Crippen LogP) is 0.975. The minimum atomic E-state index is 0.119. The van der Waals surface area contributed by atoms with Gasteiger partial charge in [0.25, 0.3) is 0 Å². The number of likely N-dealkylation sites (N-methyl/N-ethyl adjacent to an activating group) is 1. The van der Waals surface area contributed by atoms with Gasteiger partial charge >= 0.3 is 6.03 Å². The molecular formula is C17H32N4O2. The van der Waals surface area contributed by atoms with E-state index in [2.05, 4.69) is 22.2 Å². The lowest BCUT2D eigenvalue weighted by molar-refractivity contribution is 0.142. The Balaban J connectivity index is 1.40. The van der Waals surface area contributed by atoms with E-state index in [1.807, 2.05) is 4.90 Å². The first-order valence-electron chi connectivity index (χ1n) is 9.16. The number of amides is 2. The molecule has 2 aliphatic heterocycles. The van der Waals surface area contributed by atoms with E-state index in [0.717, 1.165) is 45.8 Å². The van der Waals surface area contributed by atoms with E-state index in [1.165, 1.54) is 25.7 Å². The molecule has 0 aromatic heterocycles. The monoisotopic (exact) mass is 324 g/mol. The van der Waals surface area contributed by atoms with Crippen molar-refractivity contribution in [2.45, 2.75) is 50.2 Å². The lowest BCUT2D eigenvalue weighted by atomic mass is 10.1. The summed E-state index contributed by atoms with van der Waals surface area (Å²) >= 11 is 0. The molecule has 132 valence electrons. The van der Waals surface area contributed by atoms with E-state index < -0.39 is 0 Å². The summed E-state index contributed by atoms with van der Waals surface area (Å²) in [5.41, 5.74) is 0. The first-order valence-corrected chi connectivity index (χ1v) is 9.16. The number of ether oxygens (including phenoxy) is 1. The Morgan fingerprint density at radius 1 is 1.17 bits per heavy atom. The molecule has 0 aromatic rings. The number of rotatable bonds is 7. The molecule has 0 unspecified atom stereocenters. The fourth-order valence-corrected chi connectivity index (χ4v) is 4.04. The summed E-state index contributed by atoms with van der Waals surface area (Å²) in [5.74, 6) is 0. The number of fused-ring (bicyclic) bond motifs is 2. The van der Waals surface area contributed by atoms with Gasteiger partial charge in [-0.3, -0.25) is 9.80 Å². The lowest BCUT2D eigenvalue weighted by Crippen LogP contribution is -2.47. The average molecular weight is 324 g/mol. The second-order valence-electron chi connectivity index (χ2n) is 7.28. The van der Waals surface area contributed by atoms with Gasteiger partial charge in [-0.15, -0.1) is 0 Å². The van der Waals surface area contributed by atoms with Gasteiger partial charge in [0.15, 0.2) is 0 Å². The molecule has 2 bridgehead atoms. The molecule has 0 radical (unpaired) electrons. The predicted molar refractivity (Wildman–Crippen MR) is 90.6 cm³/mol. The number of likely N-dealkylation sites (tertiary alicyclic amines) is 1. The number of nitrogens with zero attached hydrogens (tertiary/aromatic N) is 3. The summed E-state index contributed by atoms with van der Waals surface area (Å²) in [6.07, 6.45) is 6.23. The van der Waals surface area contributed by atoms with Crippen molar-refractivity contribution in [3.05, 3.63) is 0 Å². The van der Waals surface area contributed by atoms with Crippen molar-refractivity contribution in [3.8, 4) is 0 Å². The second-order valence-corrected chi connectivity index (χ2v) is 7.28. The number of urea groups is 1. The maximum absolute atomic E-state index is 12.5. The molecule has 0 aromatic carbocycles. The molecule has 3 aliphatic rings. The van der Waals surface area contributed by atoms with Crippen LogP contribution in [-0.2, 0) is 4.74 Å².